The van der Waals surface area contributed by atoms with Gasteiger partial charge in [-0.1, -0.05) is 54.6 Å². The quantitative estimate of drug-likeness (QED) is 0.477. The van der Waals surface area contributed by atoms with Gasteiger partial charge in [-0.3, -0.25) is 9.69 Å². The Labute approximate surface area is 217 Å². The van der Waals surface area contributed by atoms with E-state index in [9.17, 15) is 14.7 Å². The number of hydrogen-bond acceptors (Lipinski definition) is 6. The number of phenols is 1. The van der Waals surface area contributed by atoms with Crippen molar-refractivity contribution >= 4 is 12.0 Å². The average molecular weight is 504 g/mol. The maximum atomic E-state index is 13.4. The standard InChI is InChI=1S/C29H33N3O5/c1-36-27-13-9-24(10-14-27)20-32(19-23-7-11-26(33)12-8-23)28(34)21-30-15-17-31(18-16-30)29(35)37-22-25-5-3-2-4-6-25/h2-14,33H,15-22H2,1H3. The largest absolute Gasteiger partial charge is 0.508 e. The van der Waals surface area contributed by atoms with E-state index in [-0.39, 0.29) is 30.9 Å². The van der Waals surface area contributed by atoms with Crippen molar-refractivity contribution in [1.82, 2.24) is 14.7 Å². The molecule has 0 aliphatic carbocycles. The van der Waals surface area contributed by atoms with Crippen molar-refractivity contribution in [2.45, 2.75) is 19.7 Å². The highest BCUT2D eigenvalue weighted by atomic mass is 16.6. The smallest absolute Gasteiger partial charge is 0.410 e. The van der Waals surface area contributed by atoms with Gasteiger partial charge in [0.1, 0.15) is 18.1 Å². The molecule has 3 aromatic rings. The van der Waals surface area contributed by atoms with E-state index in [1.807, 2.05) is 71.6 Å². The molecule has 194 valence electrons. The van der Waals surface area contributed by atoms with Crippen LogP contribution in [0.3, 0.4) is 0 Å². The van der Waals surface area contributed by atoms with Crippen LogP contribution < -0.4 is 4.74 Å². The summed E-state index contributed by atoms with van der Waals surface area (Å²) in [5, 5.41) is 9.62. The number of aromatic hydroxyl groups is 1. The van der Waals surface area contributed by atoms with Gasteiger partial charge >= 0.3 is 6.09 Å². The molecule has 4 rings (SSSR count). The second-order valence-electron chi connectivity index (χ2n) is 9.07. The Kier molecular flexibility index (Phi) is 8.99. The number of nitrogens with zero attached hydrogens (tertiary/aromatic N) is 3. The predicted molar refractivity (Wildman–Crippen MR) is 140 cm³/mol. The molecular weight excluding hydrogens is 470 g/mol. The van der Waals surface area contributed by atoms with Crippen LogP contribution in [-0.2, 0) is 29.2 Å². The Bertz CT molecular complexity index is 1140. The lowest BCUT2D eigenvalue weighted by atomic mass is 10.1. The maximum Gasteiger partial charge on any atom is 0.410 e. The molecule has 1 aliphatic rings. The zero-order chi connectivity index (χ0) is 26.0. The van der Waals surface area contributed by atoms with Crippen molar-refractivity contribution in [3.8, 4) is 11.5 Å². The van der Waals surface area contributed by atoms with E-state index in [1.165, 1.54) is 0 Å². The van der Waals surface area contributed by atoms with Gasteiger partial charge in [0, 0.05) is 39.3 Å². The Morgan fingerprint density at radius 2 is 1.41 bits per heavy atom. The molecule has 0 bridgehead atoms. The molecule has 1 saturated heterocycles. The van der Waals surface area contributed by atoms with Gasteiger partial charge in [0.15, 0.2) is 0 Å². The topological polar surface area (TPSA) is 82.6 Å². The fraction of sp³-hybridized carbons (Fsp3) is 0.310. The van der Waals surface area contributed by atoms with E-state index >= 15 is 0 Å². The summed E-state index contributed by atoms with van der Waals surface area (Å²) < 4.78 is 10.7. The van der Waals surface area contributed by atoms with Gasteiger partial charge in [-0.15, -0.1) is 0 Å². The first-order chi connectivity index (χ1) is 18.0. The van der Waals surface area contributed by atoms with Crippen LogP contribution in [0.1, 0.15) is 16.7 Å². The number of ether oxygens (including phenoxy) is 2. The molecule has 8 heteroatoms. The van der Waals surface area contributed by atoms with Crippen LogP contribution in [0.15, 0.2) is 78.9 Å². The Hall–Kier alpha value is -4.04. The summed E-state index contributed by atoms with van der Waals surface area (Å²) in [5.74, 6) is 0.960. The van der Waals surface area contributed by atoms with Crippen LogP contribution in [0.2, 0.25) is 0 Å². The van der Waals surface area contributed by atoms with Crippen LogP contribution in [0.25, 0.3) is 0 Å². The molecule has 3 aromatic carbocycles. The summed E-state index contributed by atoms with van der Waals surface area (Å²) in [7, 11) is 1.62. The molecule has 0 aromatic heterocycles. The first-order valence-corrected chi connectivity index (χ1v) is 12.4. The van der Waals surface area contributed by atoms with Crippen molar-refractivity contribution in [3.05, 3.63) is 95.6 Å². The highest BCUT2D eigenvalue weighted by Gasteiger charge is 2.25. The number of methoxy groups -OCH3 is 1. The summed E-state index contributed by atoms with van der Waals surface area (Å²) in [5.41, 5.74) is 2.88. The minimum atomic E-state index is -0.330. The number of carbonyl (C=O) groups excluding carboxylic acids is 2. The molecule has 2 amide bonds. The third kappa shape index (κ3) is 7.72. The number of piperazine rings is 1. The lowest BCUT2D eigenvalue weighted by Crippen LogP contribution is -2.51. The first kappa shape index (κ1) is 26.0. The number of hydrogen-bond donors (Lipinski definition) is 1. The van der Waals surface area contributed by atoms with Gasteiger partial charge in [-0.05, 0) is 41.0 Å². The summed E-state index contributed by atoms with van der Waals surface area (Å²) in [6.07, 6.45) is -0.330. The molecule has 0 saturated carbocycles. The molecule has 37 heavy (non-hydrogen) atoms. The number of amides is 2. The van der Waals surface area contributed by atoms with Crippen molar-refractivity contribution in [2.24, 2.45) is 0 Å². The number of rotatable bonds is 9. The molecule has 1 fully saturated rings. The predicted octanol–water partition coefficient (Wildman–Crippen LogP) is 3.88. The molecule has 1 heterocycles. The van der Waals surface area contributed by atoms with Crippen LogP contribution in [0, 0.1) is 0 Å². The molecular formula is C29H33N3O5. The Morgan fingerprint density at radius 1 is 0.811 bits per heavy atom. The zero-order valence-electron chi connectivity index (χ0n) is 21.1. The fourth-order valence-corrected chi connectivity index (χ4v) is 4.20. The minimum Gasteiger partial charge on any atom is -0.508 e. The Morgan fingerprint density at radius 3 is 2.00 bits per heavy atom. The molecule has 0 atom stereocenters. The van der Waals surface area contributed by atoms with Crippen molar-refractivity contribution in [3.63, 3.8) is 0 Å². The van der Waals surface area contributed by atoms with Crippen LogP contribution in [0.5, 0.6) is 11.5 Å². The second-order valence-corrected chi connectivity index (χ2v) is 9.07. The number of phenolic OH excluding ortho intramolecular Hbond substituents is 1. The lowest BCUT2D eigenvalue weighted by molar-refractivity contribution is -0.134. The monoisotopic (exact) mass is 503 g/mol. The highest BCUT2D eigenvalue weighted by Crippen LogP contribution is 2.17. The molecule has 8 nitrogen and oxygen atoms in total. The van der Waals surface area contributed by atoms with Crippen molar-refractivity contribution in [1.29, 1.82) is 0 Å². The summed E-state index contributed by atoms with van der Waals surface area (Å²) in [6.45, 7) is 3.61. The maximum absolute atomic E-state index is 13.4. The lowest BCUT2D eigenvalue weighted by Gasteiger charge is -2.35. The van der Waals surface area contributed by atoms with E-state index in [0.717, 1.165) is 22.4 Å². The fourth-order valence-electron chi connectivity index (χ4n) is 4.20. The molecule has 0 radical (unpaired) electrons. The highest BCUT2D eigenvalue weighted by molar-refractivity contribution is 5.78. The van der Waals surface area contributed by atoms with E-state index in [0.29, 0.717) is 39.3 Å². The average Bonchev–Trinajstić information content (AvgIpc) is 2.94. The Balaban J connectivity index is 1.32. The SMILES string of the molecule is COc1ccc(CN(Cc2ccc(O)cc2)C(=O)CN2CCN(C(=O)OCc3ccccc3)CC2)cc1. The molecule has 0 spiro atoms. The summed E-state index contributed by atoms with van der Waals surface area (Å²) >= 11 is 0. The third-order valence-electron chi connectivity index (χ3n) is 6.39. The second kappa shape index (κ2) is 12.8. The summed E-state index contributed by atoms with van der Waals surface area (Å²) in [4.78, 5) is 31.4. The van der Waals surface area contributed by atoms with Gasteiger partial charge in [-0.25, -0.2) is 4.79 Å². The van der Waals surface area contributed by atoms with Crippen LogP contribution in [-0.4, -0.2) is 71.6 Å². The van der Waals surface area contributed by atoms with Gasteiger partial charge in [0.2, 0.25) is 5.91 Å². The van der Waals surface area contributed by atoms with E-state index in [4.69, 9.17) is 9.47 Å². The van der Waals surface area contributed by atoms with Crippen LogP contribution >= 0.6 is 0 Å². The minimum absolute atomic E-state index is 0.00370. The first-order valence-electron chi connectivity index (χ1n) is 12.4. The van der Waals surface area contributed by atoms with Crippen molar-refractivity contribution < 1.29 is 24.2 Å². The normalized spacial score (nSPS) is 13.7. The number of benzene rings is 3. The zero-order valence-corrected chi connectivity index (χ0v) is 21.1. The van der Waals surface area contributed by atoms with Gasteiger partial charge in [0.25, 0.3) is 0 Å². The molecule has 0 unspecified atom stereocenters. The third-order valence-corrected chi connectivity index (χ3v) is 6.39. The van der Waals surface area contributed by atoms with Gasteiger partial charge in [0.05, 0.1) is 13.7 Å². The van der Waals surface area contributed by atoms with E-state index in [2.05, 4.69) is 4.90 Å². The van der Waals surface area contributed by atoms with E-state index in [1.54, 1.807) is 24.1 Å². The van der Waals surface area contributed by atoms with Gasteiger partial charge < -0.3 is 24.4 Å². The molecule has 1 aliphatic heterocycles. The number of carbonyl (C=O) groups is 2. The van der Waals surface area contributed by atoms with Crippen molar-refractivity contribution in [2.75, 3.05) is 39.8 Å². The van der Waals surface area contributed by atoms with Gasteiger partial charge in [-0.2, -0.15) is 0 Å². The van der Waals surface area contributed by atoms with E-state index < -0.39 is 0 Å². The van der Waals surface area contributed by atoms with Crippen LogP contribution in [0.4, 0.5) is 4.79 Å². The molecule has 1 N–H and O–H groups in total. The summed E-state index contributed by atoms with van der Waals surface area (Å²) in [6, 6.07) is 24.2.